The number of nitrogens with two attached hydrogens (primary N) is 1. The molecule has 12 nitrogen and oxygen atoms in total. The highest BCUT2D eigenvalue weighted by molar-refractivity contribution is 5.92. The van der Waals surface area contributed by atoms with Crippen LogP contribution >= 0.6 is 0 Å². The number of benzene rings is 2. The second-order valence-electron chi connectivity index (χ2n) is 8.42. The minimum absolute atomic E-state index is 0.0142. The van der Waals surface area contributed by atoms with Crippen molar-refractivity contribution in [2.24, 2.45) is 0 Å². The number of amides is 1. The number of nitrogens with one attached hydrogen (secondary N) is 2. The number of anilines is 4. The number of rotatable bonds is 9. The minimum atomic E-state index is -0.246. The Morgan fingerprint density at radius 3 is 2.66 bits per heavy atom. The number of hydrogen-bond acceptors (Lipinski definition) is 9. The fraction of sp³-hybridized carbons (Fsp3) is 0.192. The zero-order valence-corrected chi connectivity index (χ0v) is 21.2. The van der Waals surface area contributed by atoms with Crippen molar-refractivity contribution in [1.29, 1.82) is 0 Å². The van der Waals surface area contributed by atoms with Gasteiger partial charge < -0.3 is 30.4 Å². The highest BCUT2D eigenvalue weighted by Crippen LogP contribution is 2.35. The molecule has 0 atom stereocenters. The summed E-state index contributed by atoms with van der Waals surface area (Å²) in [7, 11) is 1.57. The molecule has 0 aliphatic heterocycles. The topological polar surface area (TPSA) is 147 Å². The van der Waals surface area contributed by atoms with Crippen LogP contribution in [0.3, 0.4) is 0 Å². The van der Waals surface area contributed by atoms with Crippen LogP contribution in [0, 0.1) is 6.92 Å². The van der Waals surface area contributed by atoms with Gasteiger partial charge in [-0.2, -0.15) is 15.1 Å². The Hall–Kier alpha value is -5.13. The van der Waals surface area contributed by atoms with Crippen molar-refractivity contribution in [3.63, 3.8) is 0 Å². The van der Waals surface area contributed by atoms with Crippen molar-refractivity contribution in [2.45, 2.75) is 26.9 Å². The van der Waals surface area contributed by atoms with Gasteiger partial charge in [-0.05, 0) is 38.1 Å². The monoisotopic (exact) mass is 513 g/mol. The van der Waals surface area contributed by atoms with Crippen LogP contribution in [-0.4, -0.2) is 42.3 Å². The molecular formula is C26H27N9O3. The van der Waals surface area contributed by atoms with E-state index >= 15 is 0 Å². The van der Waals surface area contributed by atoms with E-state index in [-0.39, 0.29) is 18.4 Å². The second kappa shape index (κ2) is 10.5. The third-order valence-electron chi connectivity index (χ3n) is 5.66. The van der Waals surface area contributed by atoms with Crippen LogP contribution in [-0.2, 0) is 17.9 Å². The van der Waals surface area contributed by atoms with Crippen molar-refractivity contribution < 1.29 is 14.3 Å². The normalized spacial score (nSPS) is 10.9. The fourth-order valence-electron chi connectivity index (χ4n) is 3.97. The number of imidazole rings is 1. The zero-order chi connectivity index (χ0) is 26.6. The molecule has 0 unspecified atom stereocenters. The Kier molecular flexibility index (Phi) is 6.76. The van der Waals surface area contributed by atoms with Crippen molar-refractivity contribution in [3.05, 3.63) is 66.6 Å². The number of aryl methyl sites for hydroxylation is 2. The Morgan fingerprint density at radius 2 is 1.89 bits per heavy atom. The van der Waals surface area contributed by atoms with Crippen molar-refractivity contribution >= 4 is 40.3 Å². The Morgan fingerprint density at radius 1 is 1.08 bits per heavy atom. The molecule has 0 saturated carbocycles. The molecule has 0 aliphatic rings. The van der Waals surface area contributed by atoms with Crippen LogP contribution in [0.25, 0.3) is 11.2 Å². The van der Waals surface area contributed by atoms with Crippen LogP contribution < -0.4 is 25.8 Å². The van der Waals surface area contributed by atoms with Gasteiger partial charge in [-0.25, -0.2) is 9.67 Å². The number of nitrogen functional groups attached to an aromatic ring is 1. The SMILES string of the molecule is CCn1nc(C)cc1NC(=O)Cn1cnc2c(Nc3ccc(Oc4ccccc4)c(OC)c3)nc(N)nc21. The Balaban J connectivity index is 1.37. The summed E-state index contributed by atoms with van der Waals surface area (Å²) in [6.45, 7) is 4.46. The molecule has 3 aromatic heterocycles. The molecule has 0 aliphatic carbocycles. The maximum atomic E-state index is 12.8. The van der Waals surface area contributed by atoms with Gasteiger partial charge in [0.2, 0.25) is 11.9 Å². The van der Waals surface area contributed by atoms with E-state index in [0.717, 1.165) is 5.69 Å². The number of para-hydroxylation sites is 1. The van der Waals surface area contributed by atoms with E-state index in [1.165, 1.54) is 6.33 Å². The van der Waals surface area contributed by atoms with E-state index in [4.69, 9.17) is 15.2 Å². The third kappa shape index (κ3) is 5.19. The van der Waals surface area contributed by atoms with Gasteiger partial charge in [0.15, 0.2) is 28.5 Å². The fourth-order valence-corrected chi connectivity index (χ4v) is 3.97. The number of nitrogens with zero attached hydrogens (tertiary/aromatic N) is 6. The summed E-state index contributed by atoms with van der Waals surface area (Å²) in [6, 6.07) is 16.7. The van der Waals surface area contributed by atoms with E-state index < -0.39 is 0 Å². The third-order valence-corrected chi connectivity index (χ3v) is 5.66. The number of methoxy groups -OCH3 is 1. The molecule has 3 heterocycles. The lowest BCUT2D eigenvalue weighted by Gasteiger charge is -2.13. The van der Waals surface area contributed by atoms with Gasteiger partial charge in [0.1, 0.15) is 18.1 Å². The molecule has 0 saturated heterocycles. The van der Waals surface area contributed by atoms with Gasteiger partial charge in [-0.15, -0.1) is 0 Å². The quantitative estimate of drug-likeness (QED) is 0.265. The summed E-state index contributed by atoms with van der Waals surface area (Å²) in [4.78, 5) is 25.9. The van der Waals surface area contributed by atoms with Crippen molar-refractivity contribution in [2.75, 3.05) is 23.5 Å². The smallest absolute Gasteiger partial charge is 0.245 e. The predicted octanol–water partition coefficient (Wildman–Crippen LogP) is 4.12. The predicted molar refractivity (Wildman–Crippen MR) is 144 cm³/mol. The first kappa shape index (κ1) is 24.6. The average Bonchev–Trinajstić information content (AvgIpc) is 3.47. The first-order valence-electron chi connectivity index (χ1n) is 11.9. The van der Waals surface area contributed by atoms with Gasteiger partial charge in [0.05, 0.1) is 19.1 Å². The molecule has 38 heavy (non-hydrogen) atoms. The average molecular weight is 514 g/mol. The van der Waals surface area contributed by atoms with Gasteiger partial charge >= 0.3 is 0 Å². The van der Waals surface area contributed by atoms with Crippen molar-refractivity contribution in [3.8, 4) is 17.2 Å². The summed E-state index contributed by atoms with van der Waals surface area (Å²) >= 11 is 0. The molecular weight excluding hydrogens is 486 g/mol. The second-order valence-corrected chi connectivity index (χ2v) is 8.42. The summed E-state index contributed by atoms with van der Waals surface area (Å²) in [5, 5.41) is 10.5. The van der Waals surface area contributed by atoms with E-state index in [2.05, 4.69) is 30.7 Å². The van der Waals surface area contributed by atoms with E-state index in [1.54, 1.807) is 28.5 Å². The maximum absolute atomic E-state index is 12.8. The number of ether oxygens (including phenoxy) is 2. The molecule has 0 bridgehead atoms. The lowest BCUT2D eigenvalue weighted by molar-refractivity contribution is -0.116. The number of aromatic nitrogens is 6. The van der Waals surface area contributed by atoms with Crippen LogP contribution in [0.1, 0.15) is 12.6 Å². The summed E-state index contributed by atoms with van der Waals surface area (Å²) < 4.78 is 14.8. The van der Waals surface area contributed by atoms with Crippen LogP contribution in [0.5, 0.6) is 17.2 Å². The number of fused-ring (bicyclic) bond motifs is 1. The zero-order valence-electron chi connectivity index (χ0n) is 21.2. The highest BCUT2D eigenvalue weighted by atomic mass is 16.5. The molecule has 0 fully saturated rings. The molecule has 1 amide bonds. The molecule has 2 aromatic carbocycles. The first-order valence-corrected chi connectivity index (χ1v) is 11.9. The number of carbonyl (C=O) groups is 1. The largest absolute Gasteiger partial charge is 0.493 e. The Bertz CT molecular complexity index is 1590. The van der Waals surface area contributed by atoms with Crippen LogP contribution in [0.15, 0.2) is 60.9 Å². The molecule has 5 aromatic rings. The van der Waals surface area contributed by atoms with E-state index in [9.17, 15) is 4.79 Å². The highest BCUT2D eigenvalue weighted by Gasteiger charge is 2.17. The van der Waals surface area contributed by atoms with E-state index in [1.807, 2.05) is 56.3 Å². The van der Waals surface area contributed by atoms with Gasteiger partial charge in [-0.3, -0.25) is 4.79 Å². The summed E-state index contributed by atoms with van der Waals surface area (Å²) in [5.41, 5.74) is 8.39. The number of carbonyl (C=O) groups excluding carboxylic acids is 1. The number of hydrogen-bond donors (Lipinski definition) is 3. The van der Waals surface area contributed by atoms with E-state index in [0.29, 0.717) is 52.3 Å². The molecule has 0 spiro atoms. The molecule has 5 rings (SSSR count). The van der Waals surface area contributed by atoms with Gasteiger partial charge in [0, 0.05) is 24.4 Å². The van der Waals surface area contributed by atoms with Gasteiger partial charge in [-0.1, -0.05) is 18.2 Å². The minimum Gasteiger partial charge on any atom is -0.493 e. The summed E-state index contributed by atoms with van der Waals surface area (Å²) in [6.07, 6.45) is 1.53. The molecule has 194 valence electrons. The van der Waals surface area contributed by atoms with Gasteiger partial charge in [0.25, 0.3) is 0 Å². The molecule has 0 radical (unpaired) electrons. The Labute approximate surface area is 218 Å². The molecule has 4 N–H and O–H groups in total. The van der Waals surface area contributed by atoms with Crippen molar-refractivity contribution in [1.82, 2.24) is 29.3 Å². The lowest BCUT2D eigenvalue weighted by Crippen LogP contribution is -2.20. The van der Waals surface area contributed by atoms with Crippen LogP contribution in [0.2, 0.25) is 0 Å². The molecule has 12 heteroatoms. The maximum Gasteiger partial charge on any atom is 0.245 e. The standard InChI is InChI=1S/C26H27N9O3/c1-4-35-21(12-16(2)33-35)30-22(36)14-34-15-28-23-24(31-26(27)32-25(23)34)29-17-10-11-19(20(13-17)37-3)38-18-8-6-5-7-9-18/h5-13,15H,4,14H2,1-3H3,(H,30,36)(H3,27,29,31,32). The van der Waals surface area contributed by atoms with Crippen LogP contribution in [0.4, 0.5) is 23.3 Å². The first-order chi connectivity index (χ1) is 18.4. The lowest BCUT2D eigenvalue weighted by atomic mass is 10.2. The summed E-state index contributed by atoms with van der Waals surface area (Å²) in [5.74, 6) is 2.60.